The Labute approximate surface area is 139 Å². The third-order valence-corrected chi connectivity index (χ3v) is 5.61. The lowest BCUT2D eigenvalue weighted by atomic mass is 10.0. The quantitative estimate of drug-likeness (QED) is 0.325. The molecule has 1 radical (unpaired) electrons. The molecule has 0 unspecified atom stereocenters. The van der Waals surface area contributed by atoms with Crippen LogP contribution in [0, 0.1) is 6.92 Å². The Hall–Kier alpha value is 0.730. The predicted molar refractivity (Wildman–Crippen MR) is 83.5 cm³/mol. The van der Waals surface area contributed by atoms with E-state index in [1.54, 1.807) is 0 Å². The monoisotopic (exact) mass is 379 g/mol. The SMILES string of the molecule is [CH2]c1c(Cl)c(Cl)c(Cl)c2c(Cl)c(Cl)c(Cl)c(Cl)c12. The van der Waals surface area contributed by atoms with E-state index in [0.717, 1.165) is 0 Å². The van der Waals surface area contributed by atoms with Crippen LogP contribution in [0.25, 0.3) is 10.8 Å². The van der Waals surface area contributed by atoms with Crippen LogP contribution in [-0.2, 0) is 0 Å². The van der Waals surface area contributed by atoms with Gasteiger partial charge in [-0.15, -0.1) is 0 Å². The smallest absolute Gasteiger partial charge is 0.0800 e. The largest absolute Gasteiger partial charge is 0.0823 e. The van der Waals surface area contributed by atoms with Gasteiger partial charge in [0.25, 0.3) is 0 Å². The summed E-state index contributed by atoms with van der Waals surface area (Å²) in [4.78, 5) is 0. The van der Waals surface area contributed by atoms with Crippen molar-refractivity contribution in [3.63, 3.8) is 0 Å². The highest BCUT2D eigenvalue weighted by atomic mass is 35.5. The van der Waals surface area contributed by atoms with Gasteiger partial charge in [0.2, 0.25) is 0 Å². The van der Waals surface area contributed by atoms with Crippen molar-refractivity contribution >= 4 is 92.0 Å². The summed E-state index contributed by atoms with van der Waals surface area (Å²) in [6, 6.07) is 0. The maximum absolute atomic E-state index is 6.13. The molecule has 0 bridgehead atoms. The normalized spacial score (nSPS) is 11.3. The molecule has 0 amide bonds. The minimum absolute atomic E-state index is 0.107. The zero-order valence-corrected chi connectivity index (χ0v) is 13.6. The standard InChI is InChI=1S/C11H2Cl7/c1-2-3-4(7(14)9(16)5(2)12)8(15)11(18)10(17)6(3)13/h1H2. The fraction of sp³-hybridized carbons (Fsp3) is 0. The molecule has 2 rings (SSSR count). The van der Waals surface area contributed by atoms with Gasteiger partial charge >= 0.3 is 0 Å². The van der Waals surface area contributed by atoms with Crippen molar-refractivity contribution in [3.8, 4) is 0 Å². The topological polar surface area (TPSA) is 0 Å². The molecule has 2 aromatic rings. The van der Waals surface area contributed by atoms with Crippen molar-refractivity contribution in [2.24, 2.45) is 0 Å². The van der Waals surface area contributed by atoms with Gasteiger partial charge in [0.05, 0.1) is 35.2 Å². The van der Waals surface area contributed by atoms with Gasteiger partial charge in [-0.25, -0.2) is 0 Å². The Balaban J connectivity index is 3.22. The number of hydrogen-bond acceptors (Lipinski definition) is 0. The Morgan fingerprint density at radius 1 is 0.444 bits per heavy atom. The average Bonchev–Trinajstić information content (AvgIpc) is 2.35. The van der Waals surface area contributed by atoms with Crippen LogP contribution in [0.3, 0.4) is 0 Å². The van der Waals surface area contributed by atoms with Gasteiger partial charge < -0.3 is 0 Å². The molecule has 0 nitrogen and oxygen atoms in total. The minimum atomic E-state index is 0.107. The predicted octanol–water partition coefficient (Wildman–Crippen LogP) is 7.60. The molecule has 0 fully saturated rings. The zero-order chi connectivity index (χ0) is 13.8. The molecule has 2 aromatic carbocycles. The van der Waals surface area contributed by atoms with Crippen LogP contribution in [-0.4, -0.2) is 0 Å². The van der Waals surface area contributed by atoms with Crippen molar-refractivity contribution in [2.45, 2.75) is 0 Å². The molecular weight excluding hydrogens is 380 g/mol. The van der Waals surface area contributed by atoms with Crippen LogP contribution < -0.4 is 0 Å². The lowest BCUT2D eigenvalue weighted by Crippen LogP contribution is -1.89. The van der Waals surface area contributed by atoms with E-state index in [9.17, 15) is 0 Å². The third-order valence-electron chi connectivity index (χ3n) is 2.44. The van der Waals surface area contributed by atoms with Gasteiger partial charge in [-0.2, -0.15) is 0 Å². The summed E-state index contributed by atoms with van der Waals surface area (Å²) in [5.74, 6) is 0. The molecule has 0 aliphatic heterocycles. The number of halogens is 7. The average molecular weight is 382 g/mol. The third kappa shape index (κ3) is 2.07. The fourth-order valence-electron chi connectivity index (χ4n) is 1.57. The molecule has 0 heterocycles. The van der Waals surface area contributed by atoms with Gasteiger partial charge in [-0.3, -0.25) is 0 Å². The Morgan fingerprint density at radius 2 is 0.778 bits per heavy atom. The summed E-state index contributed by atoms with van der Waals surface area (Å²) < 4.78 is 0. The fourth-order valence-corrected chi connectivity index (χ4v) is 3.41. The minimum Gasteiger partial charge on any atom is -0.0823 e. The number of benzene rings is 2. The van der Waals surface area contributed by atoms with E-state index >= 15 is 0 Å². The Kier molecular flexibility index (Phi) is 4.42. The van der Waals surface area contributed by atoms with Crippen molar-refractivity contribution in [3.05, 3.63) is 47.6 Å². The Morgan fingerprint density at radius 3 is 1.22 bits per heavy atom. The lowest BCUT2D eigenvalue weighted by Gasteiger charge is -2.15. The maximum atomic E-state index is 6.13. The Bertz CT molecular complexity index is 562. The first kappa shape index (κ1) is 15.1. The van der Waals surface area contributed by atoms with E-state index in [-0.39, 0.29) is 35.2 Å². The van der Waals surface area contributed by atoms with E-state index in [0.29, 0.717) is 16.3 Å². The molecule has 0 aromatic heterocycles. The second-order valence-electron chi connectivity index (χ2n) is 3.43. The molecule has 0 aliphatic carbocycles. The molecule has 7 heteroatoms. The highest BCUT2D eigenvalue weighted by Crippen LogP contribution is 2.50. The molecule has 95 valence electrons. The van der Waals surface area contributed by atoms with Crippen molar-refractivity contribution in [1.29, 1.82) is 0 Å². The number of rotatable bonds is 0. The van der Waals surface area contributed by atoms with Crippen LogP contribution in [0.15, 0.2) is 0 Å². The summed E-state index contributed by atoms with van der Waals surface area (Å²) in [7, 11) is 0. The zero-order valence-electron chi connectivity index (χ0n) is 8.35. The maximum Gasteiger partial charge on any atom is 0.0800 e. The first-order valence-electron chi connectivity index (χ1n) is 4.43. The molecule has 0 atom stereocenters. The summed E-state index contributed by atoms with van der Waals surface area (Å²) in [6.45, 7) is 3.80. The summed E-state index contributed by atoms with van der Waals surface area (Å²) >= 11 is 42.3. The van der Waals surface area contributed by atoms with E-state index in [1.807, 2.05) is 0 Å². The van der Waals surface area contributed by atoms with E-state index < -0.39 is 0 Å². The van der Waals surface area contributed by atoms with E-state index in [1.165, 1.54) is 0 Å². The number of hydrogen-bond donors (Lipinski definition) is 0. The molecular formula is C11H2Cl7. The number of fused-ring (bicyclic) bond motifs is 1. The molecule has 18 heavy (non-hydrogen) atoms. The van der Waals surface area contributed by atoms with Crippen molar-refractivity contribution in [1.82, 2.24) is 0 Å². The van der Waals surface area contributed by atoms with Gasteiger partial charge in [-0.05, 0) is 12.5 Å². The second kappa shape index (κ2) is 5.26. The van der Waals surface area contributed by atoms with Gasteiger partial charge in [0, 0.05) is 10.8 Å². The van der Waals surface area contributed by atoms with Crippen LogP contribution in [0.1, 0.15) is 5.56 Å². The van der Waals surface area contributed by atoms with Crippen LogP contribution in [0.5, 0.6) is 0 Å². The highest BCUT2D eigenvalue weighted by molar-refractivity contribution is 6.59. The second-order valence-corrected chi connectivity index (χ2v) is 6.07. The first-order chi connectivity index (χ1) is 8.29. The summed E-state index contributed by atoms with van der Waals surface area (Å²) in [6.07, 6.45) is 0. The first-order valence-corrected chi connectivity index (χ1v) is 7.07. The van der Waals surface area contributed by atoms with Crippen molar-refractivity contribution < 1.29 is 0 Å². The van der Waals surface area contributed by atoms with E-state index in [4.69, 9.17) is 81.2 Å². The van der Waals surface area contributed by atoms with Crippen molar-refractivity contribution in [2.75, 3.05) is 0 Å². The van der Waals surface area contributed by atoms with E-state index in [2.05, 4.69) is 6.92 Å². The molecule has 0 saturated heterocycles. The summed E-state index contributed by atoms with van der Waals surface area (Å²) in [5.41, 5.74) is 0.395. The van der Waals surface area contributed by atoms with Crippen LogP contribution in [0.2, 0.25) is 35.2 Å². The molecule has 0 N–H and O–H groups in total. The lowest BCUT2D eigenvalue weighted by molar-refractivity contribution is 1.66. The molecule has 0 saturated carbocycles. The van der Waals surface area contributed by atoms with Crippen LogP contribution in [0.4, 0.5) is 0 Å². The molecule has 0 spiro atoms. The van der Waals surface area contributed by atoms with Gasteiger partial charge in [-0.1, -0.05) is 81.2 Å². The summed E-state index contributed by atoms with van der Waals surface area (Å²) in [5, 5.41) is 1.91. The molecule has 0 aliphatic rings. The highest BCUT2D eigenvalue weighted by Gasteiger charge is 2.22. The van der Waals surface area contributed by atoms with Crippen LogP contribution >= 0.6 is 81.2 Å². The van der Waals surface area contributed by atoms with Gasteiger partial charge in [0.15, 0.2) is 0 Å². The van der Waals surface area contributed by atoms with Gasteiger partial charge in [0.1, 0.15) is 0 Å².